The van der Waals surface area contributed by atoms with Crippen molar-refractivity contribution in [2.45, 2.75) is 20.3 Å². The zero-order valence-corrected chi connectivity index (χ0v) is 13.6. The third-order valence-electron chi connectivity index (χ3n) is 1.69. The molecule has 0 fully saturated rings. The van der Waals surface area contributed by atoms with Crippen molar-refractivity contribution in [1.82, 2.24) is 0 Å². The van der Waals surface area contributed by atoms with Crippen LogP contribution in [0.25, 0.3) is 0 Å². The van der Waals surface area contributed by atoms with E-state index in [-0.39, 0.29) is 5.82 Å². The van der Waals surface area contributed by atoms with Gasteiger partial charge < -0.3 is 4.74 Å². The maximum atomic E-state index is 12.6. The number of benzene rings is 1. The molecule has 0 saturated heterocycles. The summed E-state index contributed by atoms with van der Waals surface area (Å²) >= 11 is 4.25. The molecule has 1 aromatic carbocycles. The van der Waals surface area contributed by atoms with E-state index in [4.69, 9.17) is 4.74 Å². The molecule has 0 spiro atoms. The molecular formula is C11H14BrFOZn. The Hall–Kier alpha value is 0.0534. The number of rotatable bonds is 4. The van der Waals surface area contributed by atoms with E-state index in [1.54, 1.807) is 6.07 Å². The van der Waals surface area contributed by atoms with Crippen LogP contribution in [0.2, 0.25) is 0 Å². The normalized spacial score (nSPS) is 9.53. The average molecular weight is 327 g/mol. The van der Waals surface area contributed by atoms with Gasteiger partial charge in [0.2, 0.25) is 0 Å². The number of hydrogen-bond acceptors (Lipinski definition) is 1. The van der Waals surface area contributed by atoms with E-state index >= 15 is 0 Å². The predicted molar refractivity (Wildman–Crippen MR) is 59.1 cm³/mol. The van der Waals surface area contributed by atoms with Gasteiger partial charge in [-0.1, -0.05) is 19.9 Å². The van der Waals surface area contributed by atoms with Crippen molar-refractivity contribution in [3.63, 3.8) is 0 Å². The fourth-order valence-electron chi connectivity index (χ4n) is 0.918. The van der Waals surface area contributed by atoms with Gasteiger partial charge in [-0.15, -0.1) is 12.1 Å². The summed E-state index contributed by atoms with van der Waals surface area (Å²) in [5.74, 6) is 0.861. The van der Waals surface area contributed by atoms with Crippen LogP contribution >= 0.6 is 13.6 Å². The van der Waals surface area contributed by atoms with Gasteiger partial charge in [0, 0.05) is 11.6 Å². The zero-order chi connectivity index (χ0) is 11.7. The van der Waals surface area contributed by atoms with Gasteiger partial charge in [0.25, 0.3) is 0 Å². The molecule has 80 valence electrons. The van der Waals surface area contributed by atoms with E-state index in [9.17, 15) is 4.39 Å². The van der Waals surface area contributed by atoms with Gasteiger partial charge in [0.1, 0.15) is 0 Å². The van der Waals surface area contributed by atoms with Crippen molar-refractivity contribution in [1.29, 1.82) is 0 Å². The molecule has 0 bridgehead atoms. The molecule has 0 atom stereocenters. The molecule has 0 heterocycles. The summed E-state index contributed by atoms with van der Waals surface area (Å²) in [5.41, 5.74) is 0. The van der Waals surface area contributed by atoms with Crippen LogP contribution in [0.3, 0.4) is 0 Å². The topological polar surface area (TPSA) is 9.23 Å². The molecule has 0 aliphatic heterocycles. The molecule has 15 heavy (non-hydrogen) atoms. The number of ether oxygens (including phenoxy) is 1. The second-order valence-electron chi connectivity index (χ2n) is 3.42. The van der Waals surface area contributed by atoms with Crippen LogP contribution in [0, 0.1) is 17.8 Å². The van der Waals surface area contributed by atoms with Crippen molar-refractivity contribution in [3.8, 4) is 5.75 Å². The van der Waals surface area contributed by atoms with Crippen molar-refractivity contribution in [3.05, 3.63) is 30.1 Å². The predicted octanol–water partition coefficient (Wildman–Crippen LogP) is 3.89. The average Bonchev–Trinajstić information content (AvgIpc) is 2.20. The van der Waals surface area contributed by atoms with Gasteiger partial charge in [0.15, 0.2) is 0 Å². The van der Waals surface area contributed by atoms with Crippen LogP contribution in [-0.2, 0) is 16.3 Å². The SMILES string of the molecule is CC(C)CCOc1c[c-]cc(F)c1.[Zn+][Br]. The summed E-state index contributed by atoms with van der Waals surface area (Å²) in [5, 5.41) is 0. The van der Waals surface area contributed by atoms with E-state index in [0.29, 0.717) is 18.3 Å². The fourth-order valence-corrected chi connectivity index (χ4v) is 0.918. The molecule has 1 rings (SSSR count). The van der Waals surface area contributed by atoms with Crippen LogP contribution in [0.4, 0.5) is 4.39 Å². The van der Waals surface area contributed by atoms with Crippen molar-refractivity contribution in [2.24, 2.45) is 5.92 Å². The summed E-state index contributed by atoms with van der Waals surface area (Å²) < 4.78 is 18.0. The van der Waals surface area contributed by atoms with Gasteiger partial charge in [-0.05, 0) is 12.3 Å². The standard InChI is InChI=1S/C11H14FO.BrH.Zn/c1-9(2)6-7-13-11-5-3-4-10(12)8-11;;/h4-5,8-9H,6-7H2,1-2H3;1H;/q-1;;+2/p-1. The molecule has 4 heteroatoms. The molecule has 0 aliphatic rings. The third-order valence-corrected chi connectivity index (χ3v) is 1.69. The van der Waals surface area contributed by atoms with Gasteiger partial charge in [0.05, 0.1) is 6.61 Å². The van der Waals surface area contributed by atoms with Gasteiger partial charge in [-0.3, -0.25) is 4.39 Å². The van der Waals surface area contributed by atoms with Crippen LogP contribution in [0.5, 0.6) is 5.75 Å². The molecular weight excluding hydrogens is 312 g/mol. The Kier molecular flexibility index (Phi) is 9.32. The molecule has 0 aromatic heterocycles. The van der Waals surface area contributed by atoms with Crippen LogP contribution in [-0.4, -0.2) is 6.61 Å². The summed E-state index contributed by atoms with van der Waals surface area (Å²) in [6.45, 7) is 4.89. The maximum absolute atomic E-state index is 12.6. The molecule has 0 unspecified atom stereocenters. The van der Waals surface area contributed by atoms with Crippen LogP contribution in [0.15, 0.2) is 18.2 Å². The van der Waals surface area contributed by atoms with Crippen LogP contribution in [0.1, 0.15) is 20.3 Å². The monoisotopic (exact) mass is 324 g/mol. The Morgan fingerprint density at radius 2 is 2.13 bits per heavy atom. The second kappa shape index (κ2) is 9.29. The van der Waals surface area contributed by atoms with E-state index in [0.717, 1.165) is 6.42 Å². The Balaban J connectivity index is 0.000000921. The van der Waals surface area contributed by atoms with E-state index in [2.05, 4.69) is 33.5 Å². The van der Waals surface area contributed by atoms with Gasteiger partial charge in [-0.25, -0.2) is 0 Å². The first-order valence-corrected chi connectivity index (χ1v) is 11.7. The van der Waals surface area contributed by atoms with E-state index in [1.807, 2.05) is 0 Å². The van der Waals surface area contributed by atoms with Crippen molar-refractivity contribution in [2.75, 3.05) is 6.61 Å². The Morgan fingerprint density at radius 3 is 2.67 bits per heavy atom. The first-order chi connectivity index (χ1) is 7.18. The molecule has 0 aliphatic carbocycles. The minimum atomic E-state index is -0.304. The summed E-state index contributed by atoms with van der Waals surface area (Å²) in [6.07, 6.45) is 0.983. The first kappa shape index (κ1) is 15.1. The molecule has 1 aromatic rings. The Morgan fingerprint density at radius 1 is 1.47 bits per heavy atom. The fraction of sp³-hybridized carbons (Fsp3) is 0.455. The second-order valence-corrected chi connectivity index (χ2v) is 3.42. The minimum absolute atomic E-state index is 0.304. The molecule has 1 nitrogen and oxygen atoms in total. The molecule has 0 radical (unpaired) electrons. The third kappa shape index (κ3) is 7.92. The van der Waals surface area contributed by atoms with E-state index in [1.165, 1.54) is 28.5 Å². The molecule has 0 N–H and O–H groups in total. The molecule has 0 saturated carbocycles. The molecule has 0 amide bonds. The Labute approximate surface area is 107 Å². The van der Waals surface area contributed by atoms with E-state index < -0.39 is 0 Å². The number of hydrogen-bond donors (Lipinski definition) is 0. The zero-order valence-electron chi connectivity index (χ0n) is 9.09. The first-order valence-electron chi connectivity index (χ1n) is 4.74. The summed E-state index contributed by atoms with van der Waals surface area (Å²) in [7, 11) is 0. The summed E-state index contributed by atoms with van der Waals surface area (Å²) in [6, 6.07) is 6.97. The Bertz CT molecular complexity index is 269. The van der Waals surface area contributed by atoms with Crippen molar-refractivity contribution < 1.29 is 25.5 Å². The van der Waals surface area contributed by atoms with Crippen LogP contribution < -0.4 is 4.74 Å². The number of halogens is 2. The summed E-state index contributed by atoms with van der Waals surface area (Å²) in [4.78, 5) is 0. The van der Waals surface area contributed by atoms with Gasteiger partial charge in [-0.2, -0.15) is 6.07 Å². The van der Waals surface area contributed by atoms with Crippen molar-refractivity contribution >= 4 is 13.6 Å². The quantitative estimate of drug-likeness (QED) is 0.602. The van der Waals surface area contributed by atoms with Gasteiger partial charge >= 0.3 is 30.0 Å².